The first-order chi connectivity index (χ1) is 10.6. The molecule has 23 heavy (non-hydrogen) atoms. The number of allylic oxidation sites excluding steroid dienone is 3. The normalized spacial score (nSPS) is 33.9. The summed E-state index contributed by atoms with van der Waals surface area (Å²) < 4.78 is 0. The van der Waals surface area contributed by atoms with E-state index in [-0.39, 0.29) is 16.7 Å². The molecule has 2 rings (SSSR count). The second kappa shape index (κ2) is 6.26. The molecule has 1 fully saturated rings. The number of rotatable bonds is 4. The average Bonchev–Trinajstić information content (AvgIpc) is 2.34. The van der Waals surface area contributed by atoms with Gasteiger partial charge in [0.25, 0.3) is 0 Å². The molecule has 0 unspecified atom stereocenters. The van der Waals surface area contributed by atoms with Crippen LogP contribution in [0.5, 0.6) is 0 Å². The number of hydrogen-bond donors (Lipinski definition) is 1. The Morgan fingerprint density at radius 3 is 2.61 bits per heavy atom. The smallest absolute Gasteiger partial charge is 0.328 e. The fourth-order valence-corrected chi connectivity index (χ4v) is 5.33. The van der Waals surface area contributed by atoms with Gasteiger partial charge in [0.15, 0.2) is 5.78 Å². The lowest BCUT2D eigenvalue weighted by atomic mass is 9.48. The van der Waals surface area contributed by atoms with Crippen LogP contribution in [0.15, 0.2) is 23.3 Å². The average molecular weight is 318 g/mol. The minimum atomic E-state index is -0.878. The third-order valence-corrected chi connectivity index (χ3v) is 6.17. The molecule has 3 heteroatoms. The quantitative estimate of drug-likeness (QED) is 0.759. The zero-order chi connectivity index (χ0) is 17.4. The molecule has 0 radical (unpaired) electrons. The Labute approximate surface area is 139 Å². The summed E-state index contributed by atoms with van der Waals surface area (Å²) in [5, 5.41) is 8.88. The third-order valence-electron chi connectivity index (χ3n) is 6.17. The highest BCUT2D eigenvalue weighted by atomic mass is 16.4. The summed E-state index contributed by atoms with van der Waals surface area (Å²) in [5.41, 5.74) is 2.12. The first-order valence-corrected chi connectivity index (χ1v) is 8.70. The molecule has 2 aliphatic rings. The van der Waals surface area contributed by atoms with E-state index in [0.717, 1.165) is 31.3 Å². The summed E-state index contributed by atoms with van der Waals surface area (Å²) in [6, 6.07) is 0. The van der Waals surface area contributed by atoms with Crippen LogP contribution in [0.2, 0.25) is 0 Å². The molecule has 0 aliphatic heterocycles. The Kier molecular flexibility index (Phi) is 4.89. The van der Waals surface area contributed by atoms with Gasteiger partial charge < -0.3 is 5.11 Å². The lowest BCUT2D eigenvalue weighted by Crippen LogP contribution is -2.52. The highest BCUT2D eigenvalue weighted by Crippen LogP contribution is 2.59. The number of ketones is 1. The molecule has 0 amide bonds. The summed E-state index contributed by atoms with van der Waals surface area (Å²) >= 11 is 0. The lowest BCUT2D eigenvalue weighted by Gasteiger charge is -2.55. The van der Waals surface area contributed by atoms with Crippen molar-refractivity contribution >= 4 is 11.8 Å². The molecule has 3 atom stereocenters. The molecular weight excluding hydrogens is 288 g/mol. The van der Waals surface area contributed by atoms with Crippen molar-refractivity contribution in [3.63, 3.8) is 0 Å². The van der Waals surface area contributed by atoms with Crippen LogP contribution in [-0.2, 0) is 9.59 Å². The van der Waals surface area contributed by atoms with Crippen molar-refractivity contribution in [3.05, 3.63) is 23.3 Å². The van der Waals surface area contributed by atoms with Gasteiger partial charge in [-0.3, -0.25) is 4.79 Å². The molecule has 0 spiro atoms. The van der Waals surface area contributed by atoms with E-state index in [1.54, 1.807) is 0 Å². The van der Waals surface area contributed by atoms with Crippen molar-refractivity contribution in [3.8, 4) is 0 Å². The van der Waals surface area contributed by atoms with Crippen molar-refractivity contribution in [2.75, 3.05) is 0 Å². The summed E-state index contributed by atoms with van der Waals surface area (Å²) in [6.45, 7) is 10.7. The third kappa shape index (κ3) is 3.44. The first-order valence-electron chi connectivity index (χ1n) is 8.70. The minimum absolute atomic E-state index is 0.00116. The van der Waals surface area contributed by atoms with Crippen molar-refractivity contribution in [2.24, 2.45) is 22.7 Å². The maximum atomic E-state index is 12.7. The zero-order valence-corrected chi connectivity index (χ0v) is 15.1. The van der Waals surface area contributed by atoms with Crippen LogP contribution in [0.1, 0.15) is 66.7 Å². The molecular formula is C20H30O3. The van der Waals surface area contributed by atoms with E-state index in [1.807, 2.05) is 13.0 Å². The fraction of sp³-hybridized carbons (Fsp3) is 0.700. The van der Waals surface area contributed by atoms with E-state index in [4.69, 9.17) is 5.11 Å². The standard InChI is InChI=1S/C20H30O3/c1-13(11-17(22)23)7-8-15-14(2)12-16(21)18-19(3,4)9-6-10-20(15,18)5/h11-12,15,18H,6-10H2,1-5H3,(H,22,23)/b13-11+/t15-,18-,20+/m0/s1. The van der Waals surface area contributed by atoms with Gasteiger partial charge in [0.05, 0.1) is 0 Å². The van der Waals surface area contributed by atoms with Gasteiger partial charge in [0, 0.05) is 12.0 Å². The molecule has 0 heterocycles. The summed E-state index contributed by atoms with van der Waals surface area (Å²) in [4.78, 5) is 23.5. The van der Waals surface area contributed by atoms with Crippen LogP contribution in [-0.4, -0.2) is 16.9 Å². The number of carboxylic acids is 1. The Balaban J connectivity index is 2.29. The van der Waals surface area contributed by atoms with Crippen LogP contribution in [0.25, 0.3) is 0 Å². The lowest BCUT2D eigenvalue weighted by molar-refractivity contribution is -0.136. The highest BCUT2D eigenvalue weighted by Gasteiger charge is 2.55. The molecule has 2 aliphatic carbocycles. The largest absolute Gasteiger partial charge is 0.478 e. The van der Waals surface area contributed by atoms with Crippen molar-refractivity contribution in [1.82, 2.24) is 0 Å². The van der Waals surface area contributed by atoms with E-state index < -0.39 is 5.97 Å². The van der Waals surface area contributed by atoms with Crippen LogP contribution in [0.4, 0.5) is 0 Å². The Morgan fingerprint density at radius 1 is 1.35 bits per heavy atom. The second-order valence-electron chi connectivity index (χ2n) is 8.49. The monoisotopic (exact) mass is 318 g/mol. The molecule has 0 aromatic rings. The Hall–Kier alpha value is -1.38. The van der Waals surface area contributed by atoms with Gasteiger partial charge in [-0.25, -0.2) is 4.79 Å². The second-order valence-corrected chi connectivity index (χ2v) is 8.49. The van der Waals surface area contributed by atoms with Gasteiger partial charge >= 0.3 is 5.97 Å². The Bertz CT molecular complexity index is 567. The maximum absolute atomic E-state index is 12.7. The molecule has 0 aromatic heterocycles. The van der Waals surface area contributed by atoms with E-state index in [0.29, 0.717) is 11.7 Å². The molecule has 3 nitrogen and oxygen atoms in total. The number of carbonyl (C=O) groups is 2. The zero-order valence-electron chi connectivity index (χ0n) is 15.1. The fourth-order valence-electron chi connectivity index (χ4n) is 5.33. The predicted octanol–water partition coefficient (Wildman–Crippen LogP) is 4.78. The minimum Gasteiger partial charge on any atom is -0.478 e. The molecule has 0 saturated heterocycles. The van der Waals surface area contributed by atoms with Crippen LogP contribution >= 0.6 is 0 Å². The van der Waals surface area contributed by atoms with Gasteiger partial charge in [0.1, 0.15) is 0 Å². The topological polar surface area (TPSA) is 54.4 Å². The summed E-state index contributed by atoms with van der Waals surface area (Å²) in [5.74, 6) is -0.136. The molecule has 1 N–H and O–H groups in total. The number of carbonyl (C=O) groups excluding carboxylic acids is 1. The van der Waals surface area contributed by atoms with Crippen LogP contribution in [0.3, 0.4) is 0 Å². The molecule has 0 aromatic carbocycles. The number of hydrogen-bond acceptors (Lipinski definition) is 2. The summed E-state index contributed by atoms with van der Waals surface area (Å²) in [6.07, 6.45) is 8.23. The highest BCUT2D eigenvalue weighted by molar-refractivity contribution is 5.94. The predicted molar refractivity (Wildman–Crippen MR) is 92.1 cm³/mol. The SMILES string of the molecule is CC1=CC(=O)[C@H]2C(C)(C)CCC[C@]2(C)[C@H]1CC/C(C)=C/C(=O)O. The Morgan fingerprint density at radius 2 is 2.00 bits per heavy atom. The van der Waals surface area contributed by atoms with Crippen LogP contribution < -0.4 is 0 Å². The van der Waals surface area contributed by atoms with Gasteiger partial charge in [-0.2, -0.15) is 0 Å². The molecule has 0 bridgehead atoms. The van der Waals surface area contributed by atoms with Crippen LogP contribution in [0, 0.1) is 22.7 Å². The van der Waals surface area contributed by atoms with Gasteiger partial charge in [-0.05, 0) is 62.4 Å². The van der Waals surface area contributed by atoms with E-state index in [2.05, 4.69) is 27.7 Å². The van der Waals surface area contributed by atoms with Crippen molar-refractivity contribution in [1.29, 1.82) is 0 Å². The van der Waals surface area contributed by atoms with Crippen molar-refractivity contribution in [2.45, 2.75) is 66.7 Å². The van der Waals surface area contributed by atoms with Gasteiger partial charge in [-0.15, -0.1) is 0 Å². The molecule has 128 valence electrons. The first kappa shape index (κ1) is 18.0. The van der Waals surface area contributed by atoms with Gasteiger partial charge in [-0.1, -0.05) is 38.3 Å². The van der Waals surface area contributed by atoms with Crippen molar-refractivity contribution < 1.29 is 14.7 Å². The number of aliphatic carboxylic acids is 1. The summed E-state index contributed by atoms with van der Waals surface area (Å²) in [7, 11) is 0. The van der Waals surface area contributed by atoms with Gasteiger partial charge in [0.2, 0.25) is 0 Å². The van der Waals surface area contributed by atoms with E-state index >= 15 is 0 Å². The number of carboxylic acid groups (broad SMARTS) is 1. The maximum Gasteiger partial charge on any atom is 0.328 e. The molecule has 1 saturated carbocycles. The number of fused-ring (bicyclic) bond motifs is 1. The van der Waals surface area contributed by atoms with E-state index in [1.165, 1.54) is 18.1 Å². The van der Waals surface area contributed by atoms with E-state index in [9.17, 15) is 9.59 Å².